The van der Waals surface area contributed by atoms with Gasteiger partial charge in [0.2, 0.25) is 17.7 Å². The number of benzene rings is 1. The monoisotopic (exact) mass is 352 g/mol. The summed E-state index contributed by atoms with van der Waals surface area (Å²) in [5.41, 5.74) is 1.93. The van der Waals surface area contributed by atoms with E-state index in [9.17, 15) is 14.4 Å². The van der Waals surface area contributed by atoms with Crippen molar-refractivity contribution in [1.29, 1.82) is 0 Å². The molecule has 4 rings (SSSR count). The van der Waals surface area contributed by atoms with E-state index in [1.165, 1.54) is 9.80 Å². The van der Waals surface area contributed by atoms with Gasteiger partial charge in [0.25, 0.3) is 0 Å². The van der Waals surface area contributed by atoms with E-state index in [1.54, 1.807) is 7.05 Å². The van der Waals surface area contributed by atoms with Gasteiger partial charge in [-0.15, -0.1) is 0 Å². The quantitative estimate of drug-likeness (QED) is 0.618. The molecule has 0 spiro atoms. The number of likely N-dealkylation sites (N-methyl/N-ethyl adjacent to an activating group) is 1. The zero-order chi connectivity index (χ0) is 18.6. The lowest BCUT2D eigenvalue weighted by molar-refractivity contribution is -0.143. The fourth-order valence-corrected chi connectivity index (χ4v) is 4.60. The van der Waals surface area contributed by atoms with E-state index in [0.29, 0.717) is 5.92 Å². The molecule has 1 saturated heterocycles. The lowest BCUT2D eigenvalue weighted by Crippen LogP contribution is -2.42. The minimum absolute atomic E-state index is 0.169. The van der Waals surface area contributed by atoms with Crippen LogP contribution in [0.15, 0.2) is 36.4 Å². The smallest absolute Gasteiger partial charge is 0.246 e. The fraction of sp³-hybridized carbons (Fsp3) is 0.476. The maximum Gasteiger partial charge on any atom is 0.246 e. The average molecular weight is 352 g/mol. The van der Waals surface area contributed by atoms with Gasteiger partial charge in [0.1, 0.15) is 6.54 Å². The minimum atomic E-state index is -0.250. The second-order valence-corrected chi connectivity index (χ2v) is 7.96. The maximum absolute atomic E-state index is 12.7. The fourth-order valence-electron chi connectivity index (χ4n) is 4.60. The number of carbonyl (C=O) groups is 3. The molecule has 0 unspecified atom stereocenters. The Labute approximate surface area is 153 Å². The van der Waals surface area contributed by atoms with E-state index >= 15 is 0 Å². The molecule has 4 atom stereocenters. The number of imide groups is 1. The number of amides is 3. The van der Waals surface area contributed by atoms with Gasteiger partial charge in [0, 0.05) is 12.7 Å². The molecule has 1 saturated carbocycles. The predicted molar refractivity (Wildman–Crippen MR) is 98.4 cm³/mol. The van der Waals surface area contributed by atoms with E-state index in [-0.39, 0.29) is 47.9 Å². The van der Waals surface area contributed by atoms with Crippen molar-refractivity contribution < 1.29 is 14.4 Å². The Balaban J connectivity index is 1.49. The van der Waals surface area contributed by atoms with Crippen molar-refractivity contribution in [2.75, 3.05) is 18.5 Å². The molecule has 0 aromatic heterocycles. The number of rotatable bonds is 4. The number of hydrogen-bond donors (Lipinski definition) is 0. The van der Waals surface area contributed by atoms with Crippen LogP contribution >= 0.6 is 0 Å². The zero-order valence-corrected chi connectivity index (χ0v) is 15.4. The topological polar surface area (TPSA) is 57.7 Å². The first-order valence-electron chi connectivity index (χ1n) is 9.28. The highest BCUT2D eigenvalue weighted by atomic mass is 16.2. The maximum atomic E-state index is 12.7. The Morgan fingerprint density at radius 2 is 1.77 bits per heavy atom. The number of likely N-dealkylation sites (tertiary alicyclic amines) is 1. The molecule has 5 nitrogen and oxygen atoms in total. The Bertz CT molecular complexity index is 783. The van der Waals surface area contributed by atoms with Crippen LogP contribution < -0.4 is 4.90 Å². The van der Waals surface area contributed by atoms with Crippen molar-refractivity contribution in [3.05, 3.63) is 42.0 Å². The van der Waals surface area contributed by atoms with Gasteiger partial charge >= 0.3 is 0 Å². The molecule has 1 heterocycles. The Morgan fingerprint density at radius 3 is 2.35 bits per heavy atom. The Hall–Kier alpha value is -2.43. The number of anilines is 1. The van der Waals surface area contributed by atoms with Gasteiger partial charge in [-0.2, -0.15) is 0 Å². The van der Waals surface area contributed by atoms with Crippen LogP contribution in [0.2, 0.25) is 0 Å². The molecule has 1 aromatic carbocycles. The van der Waals surface area contributed by atoms with Crippen LogP contribution in [-0.4, -0.2) is 36.2 Å². The summed E-state index contributed by atoms with van der Waals surface area (Å²) >= 11 is 0. The molecule has 0 N–H and O–H groups in total. The third kappa shape index (κ3) is 2.49. The van der Waals surface area contributed by atoms with E-state index in [2.05, 4.69) is 26.0 Å². The highest BCUT2D eigenvalue weighted by Gasteiger charge is 2.59. The van der Waals surface area contributed by atoms with Gasteiger partial charge in [-0.3, -0.25) is 19.3 Å². The van der Waals surface area contributed by atoms with Crippen LogP contribution in [0.1, 0.15) is 31.7 Å². The lowest BCUT2D eigenvalue weighted by Gasteiger charge is -2.22. The van der Waals surface area contributed by atoms with Crippen LogP contribution in [0.3, 0.4) is 0 Å². The molecule has 2 bridgehead atoms. The lowest BCUT2D eigenvalue weighted by atomic mass is 9.85. The molecule has 3 aliphatic rings. The summed E-state index contributed by atoms with van der Waals surface area (Å²) in [6, 6.07) is 7.81. The molecular weight excluding hydrogens is 328 g/mol. The van der Waals surface area contributed by atoms with Gasteiger partial charge < -0.3 is 4.90 Å². The van der Waals surface area contributed by atoms with Crippen molar-refractivity contribution in [1.82, 2.24) is 4.90 Å². The number of fused-ring (bicyclic) bond motifs is 5. The first-order chi connectivity index (χ1) is 12.4. The van der Waals surface area contributed by atoms with Crippen molar-refractivity contribution in [3.8, 4) is 0 Å². The summed E-state index contributed by atoms with van der Waals surface area (Å²) in [4.78, 5) is 40.9. The summed E-state index contributed by atoms with van der Waals surface area (Å²) in [7, 11) is 1.69. The van der Waals surface area contributed by atoms with E-state index < -0.39 is 0 Å². The highest BCUT2D eigenvalue weighted by Crippen LogP contribution is 2.52. The van der Waals surface area contributed by atoms with Crippen molar-refractivity contribution in [2.24, 2.45) is 23.7 Å². The third-order valence-electron chi connectivity index (χ3n) is 6.15. The SMILES string of the molecule is CC(C)c1cccc(N(C)C(=O)CN2C(=O)[C@@H]3[C@@H](C2=O)[C@H]2C=C[C@H]3C2)c1. The summed E-state index contributed by atoms with van der Waals surface area (Å²) < 4.78 is 0. The van der Waals surface area contributed by atoms with Crippen molar-refractivity contribution in [2.45, 2.75) is 26.2 Å². The van der Waals surface area contributed by atoms with Crippen LogP contribution in [0.5, 0.6) is 0 Å². The third-order valence-corrected chi connectivity index (χ3v) is 6.15. The highest BCUT2D eigenvalue weighted by molar-refractivity contribution is 6.09. The van der Waals surface area contributed by atoms with Crippen LogP contribution in [0, 0.1) is 23.7 Å². The van der Waals surface area contributed by atoms with Crippen LogP contribution in [-0.2, 0) is 14.4 Å². The van der Waals surface area contributed by atoms with E-state index in [4.69, 9.17) is 0 Å². The summed E-state index contributed by atoms with van der Waals surface area (Å²) in [6.07, 6.45) is 5.02. The Morgan fingerprint density at radius 1 is 1.15 bits per heavy atom. The first kappa shape index (κ1) is 17.0. The molecule has 3 amide bonds. The predicted octanol–water partition coefficient (Wildman–Crippen LogP) is 2.58. The molecular formula is C21H24N2O3. The van der Waals surface area contributed by atoms with Crippen molar-refractivity contribution >= 4 is 23.4 Å². The molecule has 1 aromatic rings. The first-order valence-corrected chi connectivity index (χ1v) is 9.28. The average Bonchev–Trinajstić information content (AvgIpc) is 3.31. The molecule has 1 aliphatic heterocycles. The molecule has 26 heavy (non-hydrogen) atoms. The van der Waals surface area contributed by atoms with Gasteiger partial charge in [-0.25, -0.2) is 0 Å². The van der Waals surface area contributed by atoms with Gasteiger partial charge in [0.15, 0.2) is 0 Å². The molecule has 136 valence electrons. The standard InChI is InChI=1S/C21H24N2O3/c1-12(2)13-5-4-6-16(10-13)22(3)17(24)11-23-20(25)18-14-7-8-15(9-14)19(18)21(23)26/h4-8,10,12,14-15,18-19H,9,11H2,1-3H3/t14-,15-,18-,19-/m0/s1. The summed E-state index contributed by atoms with van der Waals surface area (Å²) in [5, 5.41) is 0. The second-order valence-electron chi connectivity index (χ2n) is 7.96. The summed E-state index contributed by atoms with van der Waals surface area (Å²) in [5.74, 6) is -0.386. The Kier molecular flexibility index (Phi) is 3.98. The zero-order valence-electron chi connectivity index (χ0n) is 15.4. The van der Waals surface area contributed by atoms with Crippen LogP contribution in [0.25, 0.3) is 0 Å². The van der Waals surface area contributed by atoms with Crippen molar-refractivity contribution in [3.63, 3.8) is 0 Å². The molecule has 2 aliphatic carbocycles. The number of nitrogens with zero attached hydrogens (tertiary/aromatic N) is 2. The van der Waals surface area contributed by atoms with Gasteiger partial charge in [-0.1, -0.05) is 38.1 Å². The number of carbonyl (C=O) groups excluding carboxylic acids is 3. The molecule has 2 fully saturated rings. The molecule has 5 heteroatoms. The van der Waals surface area contributed by atoms with E-state index in [0.717, 1.165) is 17.7 Å². The second kappa shape index (κ2) is 6.08. The number of allylic oxidation sites excluding steroid dienone is 2. The number of hydrogen-bond acceptors (Lipinski definition) is 3. The van der Waals surface area contributed by atoms with Crippen LogP contribution in [0.4, 0.5) is 5.69 Å². The molecule has 0 radical (unpaired) electrons. The van der Waals surface area contributed by atoms with E-state index in [1.807, 2.05) is 24.3 Å². The van der Waals surface area contributed by atoms with Gasteiger partial charge in [0.05, 0.1) is 11.8 Å². The largest absolute Gasteiger partial charge is 0.314 e. The minimum Gasteiger partial charge on any atom is -0.314 e. The summed E-state index contributed by atoms with van der Waals surface area (Å²) in [6.45, 7) is 4.03. The van der Waals surface area contributed by atoms with Gasteiger partial charge in [-0.05, 0) is 41.9 Å². The normalized spacial score (nSPS) is 29.0.